The normalized spacial score (nSPS) is 29.8. The molecule has 20 heavy (non-hydrogen) atoms. The highest BCUT2D eigenvalue weighted by Crippen LogP contribution is 2.22. The van der Waals surface area contributed by atoms with Gasteiger partial charge in [0.05, 0.1) is 5.75 Å². The molecule has 2 atom stereocenters. The monoisotopic (exact) mass is 303 g/mol. The molecule has 2 saturated heterocycles. The Labute approximate surface area is 119 Å². The number of rotatable bonds is 2. The van der Waals surface area contributed by atoms with Gasteiger partial charge >= 0.3 is 0 Å². The predicted molar refractivity (Wildman–Crippen MR) is 73.9 cm³/mol. The zero-order chi connectivity index (χ0) is 14.8. The standard InChI is InChI=1S/C12H21N3O4S/c1-13-11(16)9-8-14-5-6-15(9)12(17)10-4-2-3-7-20(10,18)19/h9-10,14H,2-8H2,1H3,(H,13,16). The van der Waals surface area contributed by atoms with Crippen molar-refractivity contribution in [2.45, 2.75) is 30.6 Å². The van der Waals surface area contributed by atoms with E-state index < -0.39 is 27.0 Å². The zero-order valence-electron chi connectivity index (χ0n) is 11.6. The van der Waals surface area contributed by atoms with E-state index in [1.165, 1.54) is 11.9 Å². The Balaban J connectivity index is 2.19. The van der Waals surface area contributed by atoms with E-state index in [-0.39, 0.29) is 11.7 Å². The number of nitrogens with one attached hydrogen (secondary N) is 2. The van der Waals surface area contributed by atoms with E-state index in [1.54, 1.807) is 0 Å². The molecule has 0 aromatic carbocycles. The van der Waals surface area contributed by atoms with Gasteiger partial charge in [-0.05, 0) is 12.8 Å². The molecule has 2 N–H and O–H groups in total. The summed E-state index contributed by atoms with van der Waals surface area (Å²) in [5, 5.41) is 4.60. The van der Waals surface area contributed by atoms with Crippen molar-refractivity contribution in [1.29, 1.82) is 0 Å². The smallest absolute Gasteiger partial charge is 0.243 e. The second-order valence-electron chi connectivity index (χ2n) is 5.22. The number of carbonyl (C=O) groups is 2. The van der Waals surface area contributed by atoms with Crippen LogP contribution in [0.1, 0.15) is 19.3 Å². The first-order valence-corrected chi connectivity index (χ1v) is 8.63. The Morgan fingerprint density at radius 1 is 1.30 bits per heavy atom. The number of amides is 2. The summed E-state index contributed by atoms with van der Waals surface area (Å²) >= 11 is 0. The highest BCUT2D eigenvalue weighted by atomic mass is 32.2. The van der Waals surface area contributed by atoms with Gasteiger partial charge in [0.25, 0.3) is 0 Å². The lowest BCUT2D eigenvalue weighted by Gasteiger charge is -2.37. The van der Waals surface area contributed by atoms with Gasteiger partial charge in [-0.1, -0.05) is 6.42 Å². The summed E-state index contributed by atoms with van der Waals surface area (Å²) in [5.41, 5.74) is 0. The summed E-state index contributed by atoms with van der Waals surface area (Å²) in [6.07, 6.45) is 1.73. The zero-order valence-corrected chi connectivity index (χ0v) is 12.4. The van der Waals surface area contributed by atoms with E-state index in [0.29, 0.717) is 32.5 Å². The van der Waals surface area contributed by atoms with E-state index in [4.69, 9.17) is 0 Å². The van der Waals surface area contributed by atoms with Crippen LogP contribution in [0.15, 0.2) is 0 Å². The van der Waals surface area contributed by atoms with Crippen LogP contribution in [0.3, 0.4) is 0 Å². The van der Waals surface area contributed by atoms with Crippen molar-refractivity contribution >= 4 is 21.7 Å². The number of likely N-dealkylation sites (N-methyl/N-ethyl adjacent to an activating group) is 1. The van der Waals surface area contributed by atoms with Crippen LogP contribution in [0.2, 0.25) is 0 Å². The maximum absolute atomic E-state index is 12.5. The number of piperazine rings is 1. The Bertz CT molecular complexity index is 491. The molecule has 0 bridgehead atoms. The summed E-state index contributed by atoms with van der Waals surface area (Å²) in [7, 11) is -1.86. The molecule has 2 fully saturated rings. The molecule has 0 radical (unpaired) electrons. The molecular weight excluding hydrogens is 282 g/mol. The average Bonchev–Trinajstić information content (AvgIpc) is 2.45. The fraction of sp³-hybridized carbons (Fsp3) is 0.833. The van der Waals surface area contributed by atoms with Crippen LogP contribution in [0.4, 0.5) is 0 Å². The lowest BCUT2D eigenvalue weighted by Crippen LogP contribution is -2.61. The summed E-state index contributed by atoms with van der Waals surface area (Å²) in [4.78, 5) is 25.8. The maximum atomic E-state index is 12.5. The van der Waals surface area contributed by atoms with Crippen molar-refractivity contribution in [2.24, 2.45) is 0 Å². The van der Waals surface area contributed by atoms with Crippen molar-refractivity contribution < 1.29 is 18.0 Å². The van der Waals surface area contributed by atoms with E-state index in [0.717, 1.165) is 6.42 Å². The lowest BCUT2D eigenvalue weighted by molar-refractivity contribution is -0.141. The van der Waals surface area contributed by atoms with Gasteiger partial charge in [0.15, 0.2) is 9.84 Å². The Morgan fingerprint density at radius 2 is 2.05 bits per heavy atom. The van der Waals surface area contributed by atoms with Gasteiger partial charge in [0.2, 0.25) is 11.8 Å². The summed E-state index contributed by atoms with van der Waals surface area (Å²) in [6, 6.07) is -0.627. The van der Waals surface area contributed by atoms with Gasteiger partial charge in [-0.25, -0.2) is 8.42 Å². The first-order chi connectivity index (χ1) is 9.47. The summed E-state index contributed by atoms with van der Waals surface area (Å²) < 4.78 is 24.1. The maximum Gasteiger partial charge on any atom is 0.243 e. The molecule has 0 saturated carbocycles. The van der Waals surface area contributed by atoms with Crippen molar-refractivity contribution in [3.8, 4) is 0 Å². The van der Waals surface area contributed by atoms with Gasteiger partial charge in [0.1, 0.15) is 11.3 Å². The highest BCUT2D eigenvalue weighted by molar-refractivity contribution is 7.92. The minimum absolute atomic E-state index is 0.0696. The topological polar surface area (TPSA) is 95.6 Å². The summed E-state index contributed by atoms with van der Waals surface area (Å²) in [5.74, 6) is -0.612. The lowest BCUT2D eigenvalue weighted by atomic mass is 10.1. The van der Waals surface area contributed by atoms with Crippen LogP contribution < -0.4 is 10.6 Å². The summed E-state index contributed by atoms with van der Waals surface area (Å²) in [6.45, 7) is 1.30. The van der Waals surface area contributed by atoms with Gasteiger partial charge in [0, 0.05) is 26.7 Å². The van der Waals surface area contributed by atoms with Crippen LogP contribution in [-0.2, 0) is 19.4 Å². The second kappa shape index (κ2) is 6.09. The molecule has 2 heterocycles. The van der Waals surface area contributed by atoms with E-state index in [2.05, 4.69) is 10.6 Å². The number of sulfone groups is 1. The van der Waals surface area contributed by atoms with Crippen LogP contribution in [0.5, 0.6) is 0 Å². The van der Waals surface area contributed by atoms with Crippen LogP contribution >= 0.6 is 0 Å². The van der Waals surface area contributed by atoms with Gasteiger partial charge < -0.3 is 15.5 Å². The number of nitrogens with zero attached hydrogens (tertiary/aromatic N) is 1. The molecule has 0 spiro atoms. The van der Waals surface area contributed by atoms with E-state index in [1.807, 2.05) is 0 Å². The molecule has 0 aromatic heterocycles. The minimum atomic E-state index is -3.37. The first kappa shape index (κ1) is 15.2. The number of hydrogen-bond acceptors (Lipinski definition) is 5. The molecule has 2 amide bonds. The third kappa shape index (κ3) is 2.95. The average molecular weight is 303 g/mol. The fourth-order valence-corrected chi connectivity index (χ4v) is 4.65. The van der Waals surface area contributed by atoms with Crippen molar-refractivity contribution in [2.75, 3.05) is 32.4 Å². The quantitative estimate of drug-likeness (QED) is 0.647. The first-order valence-electron chi connectivity index (χ1n) is 6.91. The Morgan fingerprint density at radius 3 is 2.70 bits per heavy atom. The molecule has 7 nitrogen and oxygen atoms in total. The Kier molecular flexibility index (Phi) is 4.64. The number of hydrogen-bond donors (Lipinski definition) is 2. The Hall–Kier alpha value is -1.15. The third-order valence-corrected chi connectivity index (χ3v) is 6.09. The van der Waals surface area contributed by atoms with Gasteiger partial charge in [-0.15, -0.1) is 0 Å². The SMILES string of the molecule is CNC(=O)C1CNCCN1C(=O)C1CCCCS1(=O)=O. The van der Waals surface area contributed by atoms with E-state index >= 15 is 0 Å². The van der Waals surface area contributed by atoms with Crippen LogP contribution in [-0.4, -0.2) is 68.9 Å². The molecule has 2 rings (SSSR count). The molecule has 2 aliphatic heterocycles. The van der Waals surface area contributed by atoms with Crippen LogP contribution in [0.25, 0.3) is 0 Å². The fourth-order valence-electron chi connectivity index (χ4n) is 2.79. The largest absolute Gasteiger partial charge is 0.357 e. The van der Waals surface area contributed by atoms with E-state index in [9.17, 15) is 18.0 Å². The highest BCUT2D eigenvalue weighted by Gasteiger charge is 2.41. The molecule has 0 aromatic rings. The molecule has 2 aliphatic rings. The molecule has 114 valence electrons. The molecule has 0 aliphatic carbocycles. The third-order valence-electron chi connectivity index (χ3n) is 3.93. The van der Waals surface area contributed by atoms with Crippen molar-refractivity contribution in [3.63, 3.8) is 0 Å². The molecule has 2 unspecified atom stereocenters. The predicted octanol–water partition coefficient (Wildman–Crippen LogP) is -1.50. The van der Waals surface area contributed by atoms with Crippen molar-refractivity contribution in [1.82, 2.24) is 15.5 Å². The van der Waals surface area contributed by atoms with Gasteiger partial charge in [-0.2, -0.15) is 0 Å². The van der Waals surface area contributed by atoms with Crippen molar-refractivity contribution in [3.05, 3.63) is 0 Å². The van der Waals surface area contributed by atoms with Gasteiger partial charge in [-0.3, -0.25) is 9.59 Å². The molecule has 8 heteroatoms. The second-order valence-corrected chi connectivity index (χ2v) is 7.52. The van der Waals surface area contributed by atoms with Crippen LogP contribution in [0, 0.1) is 0 Å². The minimum Gasteiger partial charge on any atom is -0.357 e. The molecular formula is C12H21N3O4S. The number of carbonyl (C=O) groups excluding carboxylic acids is 2.